The second-order valence-electron chi connectivity index (χ2n) is 5.16. The molecule has 0 unspecified atom stereocenters. The van der Waals surface area contributed by atoms with E-state index in [0.717, 1.165) is 4.88 Å². The number of urea groups is 1. The van der Waals surface area contributed by atoms with Crippen LogP contribution in [0.25, 0.3) is 0 Å². The number of hydrogen-bond acceptors (Lipinski definition) is 3. The summed E-state index contributed by atoms with van der Waals surface area (Å²) in [5.74, 6) is -0.822. The minimum absolute atomic E-state index is 0.0220. The SMILES string of the molecule is CCN(Cc1cccs1)C(=O)N(CCCC(=O)O)C(C)C. The van der Waals surface area contributed by atoms with Crippen molar-refractivity contribution in [2.45, 2.75) is 46.2 Å². The number of carbonyl (C=O) groups is 2. The number of aliphatic carboxylic acids is 1. The molecule has 0 aliphatic rings. The molecule has 2 amide bonds. The van der Waals surface area contributed by atoms with Crippen LogP contribution in [0.1, 0.15) is 38.5 Å². The van der Waals surface area contributed by atoms with E-state index in [-0.39, 0.29) is 18.5 Å². The van der Waals surface area contributed by atoms with Gasteiger partial charge in [0.15, 0.2) is 0 Å². The van der Waals surface area contributed by atoms with E-state index in [0.29, 0.717) is 26.1 Å². The standard InChI is InChI=1S/C15H24N2O3S/c1-4-16(11-13-7-6-10-21-13)15(20)17(12(2)3)9-5-8-14(18)19/h6-7,10,12H,4-5,8-9,11H2,1-3H3,(H,18,19). The van der Waals surface area contributed by atoms with Gasteiger partial charge in [0, 0.05) is 30.4 Å². The maximum absolute atomic E-state index is 12.6. The van der Waals surface area contributed by atoms with Gasteiger partial charge in [-0.1, -0.05) is 6.07 Å². The van der Waals surface area contributed by atoms with Crippen LogP contribution in [0, 0.1) is 0 Å². The molecule has 1 heterocycles. The average molecular weight is 312 g/mol. The Morgan fingerprint density at radius 2 is 2.10 bits per heavy atom. The van der Waals surface area contributed by atoms with Crippen molar-refractivity contribution in [3.8, 4) is 0 Å². The van der Waals surface area contributed by atoms with E-state index < -0.39 is 5.97 Å². The highest BCUT2D eigenvalue weighted by Crippen LogP contribution is 2.14. The van der Waals surface area contributed by atoms with E-state index in [1.54, 1.807) is 21.1 Å². The van der Waals surface area contributed by atoms with Crippen molar-refractivity contribution < 1.29 is 14.7 Å². The molecule has 0 fully saturated rings. The third kappa shape index (κ3) is 5.75. The van der Waals surface area contributed by atoms with Crippen LogP contribution < -0.4 is 0 Å². The van der Waals surface area contributed by atoms with Crippen LogP contribution in [0.5, 0.6) is 0 Å². The molecule has 1 aromatic rings. The zero-order valence-corrected chi connectivity index (χ0v) is 13.7. The Labute approximate surface area is 130 Å². The fourth-order valence-corrected chi connectivity index (χ4v) is 2.78. The Kier molecular flexibility index (Phi) is 7.22. The topological polar surface area (TPSA) is 60.9 Å². The molecule has 0 saturated carbocycles. The summed E-state index contributed by atoms with van der Waals surface area (Å²) in [6.45, 7) is 7.59. The molecule has 0 atom stereocenters. The lowest BCUT2D eigenvalue weighted by Crippen LogP contribution is -2.46. The van der Waals surface area contributed by atoms with Crippen molar-refractivity contribution in [1.82, 2.24) is 9.80 Å². The largest absolute Gasteiger partial charge is 0.481 e. The summed E-state index contributed by atoms with van der Waals surface area (Å²) in [6, 6.07) is 4.03. The number of carbonyl (C=O) groups excluding carboxylic acids is 1. The van der Waals surface area contributed by atoms with Crippen LogP contribution in [0.3, 0.4) is 0 Å². The molecule has 5 nitrogen and oxygen atoms in total. The molecule has 0 spiro atoms. The Balaban J connectivity index is 2.65. The van der Waals surface area contributed by atoms with Crippen molar-refractivity contribution in [2.75, 3.05) is 13.1 Å². The fraction of sp³-hybridized carbons (Fsp3) is 0.600. The zero-order valence-electron chi connectivity index (χ0n) is 12.9. The zero-order chi connectivity index (χ0) is 15.8. The van der Waals surface area contributed by atoms with Crippen LogP contribution in [0.4, 0.5) is 4.79 Å². The van der Waals surface area contributed by atoms with Crippen molar-refractivity contribution in [1.29, 1.82) is 0 Å². The summed E-state index contributed by atoms with van der Waals surface area (Å²) in [5, 5.41) is 10.7. The van der Waals surface area contributed by atoms with Crippen molar-refractivity contribution in [3.63, 3.8) is 0 Å². The van der Waals surface area contributed by atoms with E-state index in [1.165, 1.54) is 0 Å². The highest BCUT2D eigenvalue weighted by Gasteiger charge is 2.22. The van der Waals surface area contributed by atoms with Crippen molar-refractivity contribution in [3.05, 3.63) is 22.4 Å². The molecule has 6 heteroatoms. The number of rotatable bonds is 8. The summed E-state index contributed by atoms with van der Waals surface area (Å²) < 4.78 is 0. The normalized spacial score (nSPS) is 10.7. The molecule has 0 aromatic carbocycles. The molecule has 118 valence electrons. The number of amides is 2. The quantitative estimate of drug-likeness (QED) is 0.801. The molecular weight excluding hydrogens is 288 g/mol. The number of nitrogens with zero attached hydrogens (tertiary/aromatic N) is 2. The third-order valence-corrected chi connectivity index (χ3v) is 4.10. The van der Waals surface area contributed by atoms with Gasteiger partial charge in [-0.2, -0.15) is 0 Å². The van der Waals surface area contributed by atoms with Gasteiger partial charge < -0.3 is 14.9 Å². The molecule has 1 aromatic heterocycles. The molecule has 0 bridgehead atoms. The molecule has 21 heavy (non-hydrogen) atoms. The molecule has 0 aliphatic carbocycles. The van der Waals surface area contributed by atoms with E-state index in [9.17, 15) is 9.59 Å². The number of hydrogen-bond donors (Lipinski definition) is 1. The predicted molar refractivity (Wildman–Crippen MR) is 84.5 cm³/mol. The van der Waals surface area contributed by atoms with E-state index in [4.69, 9.17) is 5.11 Å². The first-order valence-electron chi connectivity index (χ1n) is 7.25. The molecule has 1 N–H and O–H groups in total. The molecule has 0 radical (unpaired) electrons. The lowest BCUT2D eigenvalue weighted by molar-refractivity contribution is -0.137. The lowest BCUT2D eigenvalue weighted by atomic mass is 10.2. The predicted octanol–water partition coefficient (Wildman–Crippen LogP) is 3.27. The Morgan fingerprint density at radius 3 is 2.57 bits per heavy atom. The smallest absolute Gasteiger partial charge is 0.320 e. The second kappa shape index (κ2) is 8.67. The molecule has 0 aliphatic heterocycles. The monoisotopic (exact) mass is 312 g/mol. The Hall–Kier alpha value is -1.56. The van der Waals surface area contributed by atoms with Gasteiger partial charge in [-0.15, -0.1) is 11.3 Å². The van der Waals surface area contributed by atoms with Crippen LogP contribution in [-0.2, 0) is 11.3 Å². The van der Waals surface area contributed by atoms with E-state index in [2.05, 4.69) is 0 Å². The molecular formula is C15H24N2O3S. The van der Waals surface area contributed by atoms with E-state index in [1.807, 2.05) is 38.3 Å². The van der Waals surface area contributed by atoms with Crippen molar-refractivity contribution >= 4 is 23.3 Å². The molecule has 1 rings (SSSR count). The minimum Gasteiger partial charge on any atom is -0.481 e. The fourth-order valence-electron chi connectivity index (χ4n) is 2.06. The van der Waals surface area contributed by atoms with Crippen LogP contribution in [0.2, 0.25) is 0 Å². The lowest BCUT2D eigenvalue weighted by Gasteiger charge is -2.32. The summed E-state index contributed by atoms with van der Waals surface area (Å²) in [4.78, 5) is 27.9. The molecule has 0 saturated heterocycles. The highest BCUT2D eigenvalue weighted by atomic mass is 32.1. The van der Waals surface area contributed by atoms with Gasteiger partial charge in [0.2, 0.25) is 0 Å². The summed E-state index contributed by atoms with van der Waals surface area (Å²) in [6.07, 6.45) is 0.573. The van der Waals surface area contributed by atoms with Gasteiger partial charge in [0.1, 0.15) is 0 Å². The second-order valence-corrected chi connectivity index (χ2v) is 6.19. The Morgan fingerprint density at radius 1 is 1.38 bits per heavy atom. The van der Waals surface area contributed by atoms with Crippen LogP contribution >= 0.6 is 11.3 Å². The van der Waals surface area contributed by atoms with Gasteiger partial charge >= 0.3 is 12.0 Å². The first-order valence-corrected chi connectivity index (χ1v) is 8.13. The Bertz CT molecular complexity index is 446. The van der Waals surface area contributed by atoms with Gasteiger partial charge in [0.05, 0.1) is 6.54 Å². The van der Waals surface area contributed by atoms with Gasteiger partial charge in [-0.3, -0.25) is 4.79 Å². The maximum atomic E-state index is 12.6. The van der Waals surface area contributed by atoms with E-state index >= 15 is 0 Å². The van der Waals surface area contributed by atoms with Gasteiger partial charge in [-0.25, -0.2) is 4.79 Å². The summed E-state index contributed by atoms with van der Waals surface area (Å²) in [5.41, 5.74) is 0. The summed E-state index contributed by atoms with van der Waals surface area (Å²) >= 11 is 1.64. The van der Waals surface area contributed by atoms with Gasteiger partial charge in [-0.05, 0) is 38.6 Å². The third-order valence-electron chi connectivity index (χ3n) is 3.24. The number of carboxylic acids is 1. The minimum atomic E-state index is -0.822. The van der Waals surface area contributed by atoms with Crippen molar-refractivity contribution in [2.24, 2.45) is 0 Å². The van der Waals surface area contributed by atoms with Crippen LogP contribution in [0.15, 0.2) is 17.5 Å². The van der Waals surface area contributed by atoms with Crippen LogP contribution in [-0.4, -0.2) is 46.0 Å². The highest BCUT2D eigenvalue weighted by molar-refractivity contribution is 7.09. The average Bonchev–Trinajstić information content (AvgIpc) is 2.92. The number of carboxylic acid groups (broad SMARTS) is 1. The number of thiophene rings is 1. The first kappa shape index (κ1) is 17.5. The van der Waals surface area contributed by atoms with Gasteiger partial charge in [0.25, 0.3) is 0 Å². The maximum Gasteiger partial charge on any atom is 0.320 e. The summed E-state index contributed by atoms with van der Waals surface area (Å²) in [7, 11) is 0. The first-order chi connectivity index (χ1) is 9.95.